The number of aliphatic imine (C=N–C) groups is 1. The van der Waals surface area contributed by atoms with Gasteiger partial charge in [0.05, 0.1) is 18.9 Å². The normalized spacial score (nSPS) is 11.0. The van der Waals surface area contributed by atoms with Crippen molar-refractivity contribution in [1.29, 1.82) is 0 Å². The number of hydrogen-bond donors (Lipinski definition) is 0. The van der Waals surface area contributed by atoms with Crippen molar-refractivity contribution in [2.45, 2.75) is 20.8 Å². The van der Waals surface area contributed by atoms with Gasteiger partial charge in [-0.2, -0.15) is 0 Å². The van der Waals surface area contributed by atoms with Crippen molar-refractivity contribution >= 4 is 23.8 Å². The molecule has 1 rings (SSSR count). The predicted molar refractivity (Wildman–Crippen MR) is 76.0 cm³/mol. The summed E-state index contributed by atoms with van der Waals surface area (Å²) in [5.74, 6) is -4.65. The molecule has 0 aromatic heterocycles. The number of hydrogen-bond acceptors (Lipinski definition) is 5. The summed E-state index contributed by atoms with van der Waals surface area (Å²) in [6.07, 6.45) is 0.936. The highest BCUT2D eigenvalue weighted by atomic mass is 19.1. The molecule has 0 bridgehead atoms. The van der Waals surface area contributed by atoms with E-state index in [-0.39, 0.29) is 24.5 Å². The lowest BCUT2D eigenvalue weighted by Crippen LogP contribution is -2.29. The molecule has 0 heterocycles. The van der Waals surface area contributed by atoms with Crippen LogP contribution in [0.1, 0.15) is 19.4 Å². The van der Waals surface area contributed by atoms with Gasteiger partial charge in [0.25, 0.3) is 0 Å². The Labute approximate surface area is 126 Å². The van der Waals surface area contributed by atoms with Gasteiger partial charge in [-0.15, -0.1) is 0 Å². The minimum Gasteiger partial charge on any atom is -0.465 e. The van der Waals surface area contributed by atoms with Gasteiger partial charge in [0.15, 0.2) is 11.7 Å². The fourth-order valence-electron chi connectivity index (χ4n) is 1.58. The van der Waals surface area contributed by atoms with E-state index in [2.05, 4.69) is 4.99 Å². The number of esters is 2. The highest BCUT2D eigenvalue weighted by Gasteiger charge is 2.27. The van der Waals surface area contributed by atoms with Gasteiger partial charge in [-0.05, 0) is 32.9 Å². The van der Waals surface area contributed by atoms with Crippen molar-refractivity contribution in [2.24, 2.45) is 10.9 Å². The highest BCUT2D eigenvalue weighted by Crippen LogP contribution is 2.23. The summed E-state index contributed by atoms with van der Waals surface area (Å²) >= 11 is 0. The number of ether oxygens (including phenoxy) is 2. The molecule has 5 nitrogen and oxygen atoms in total. The molecule has 0 N–H and O–H groups in total. The topological polar surface area (TPSA) is 65.0 Å². The summed E-state index contributed by atoms with van der Waals surface area (Å²) in [7, 11) is 0. The smallest absolute Gasteiger partial charge is 0.325 e. The first kappa shape index (κ1) is 17.7. The van der Waals surface area contributed by atoms with Crippen LogP contribution < -0.4 is 0 Å². The lowest BCUT2D eigenvalue weighted by Gasteiger charge is -2.10. The first-order valence-electron chi connectivity index (χ1n) is 6.74. The molecule has 1 aromatic carbocycles. The largest absolute Gasteiger partial charge is 0.465 e. The van der Waals surface area contributed by atoms with Gasteiger partial charge < -0.3 is 9.47 Å². The van der Waals surface area contributed by atoms with E-state index >= 15 is 0 Å². The summed E-state index contributed by atoms with van der Waals surface area (Å²) < 4.78 is 36.5. The molecule has 0 atom stereocenters. The molecule has 0 saturated heterocycles. The second-order valence-corrected chi connectivity index (χ2v) is 4.27. The van der Waals surface area contributed by atoms with Crippen LogP contribution in [0.15, 0.2) is 17.1 Å². The van der Waals surface area contributed by atoms with Gasteiger partial charge in [-0.3, -0.25) is 14.6 Å². The molecule has 0 unspecified atom stereocenters. The van der Waals surface area contributed by atoms with E-state index in [1.54, 1.807) is 13.8 Å². The number of benzene rings is 1. The van der Waals surface area contributed by atoms with Gasteiger partial charge in [0.1, 0.15) is 5.82 Å². The van der Waals surface area contributed by atoms with E-state index in [9.17, 15) is 18.4 Å². The van der Waals surface area contributed by atoms with Crippen LogP contribution >= 0.6 is 0 Å². The average molecular weight is 313 g/mol. The number of nitrogens with zero attached hydrogens (tertiary/aromatic N) is 1. The van der Waals surface area contributed by atoms with E-state index in [0.717, 1.165) is 18.3 Å². The van der Waals surface area contributed by atoms with Gasteiger partial charge in [-0.25, -0.2) is 8.78 Å². The summed E-state index contributed by atoms with van der Waals surface area (Å²) in [5.41, 5.74) is -0.379. The minimum absolute atomic E-state index is 0.0760. The van der Waals surface area contributed by atoms with Crippen molar-refractivity contribution < 1.29 is 27.8 Å². The van der Waals surface area contributed by atoms with Crippen LogP contribution in [0.4, 0.5) is 14.5 Å². The van der Waals surface area contributed by atoms with Crippen molar-refractivity contribution in [3.63, 3.8) is 0 Å². The molecule has 0 aliphatic heterocycles. The van der Waals surface area contributed by atoms with Crippen LogP contribution in [0.5, 0.6) is 0 Å². The Bertz CT molecular complexity index is 569. The number of halogens is 2. The van der Waals surface area contributed by atoms with Crippen molar-refractivity contribution in [2.75, 3.05) is 13.2 Å². The first-order valence-corrected chi connectivity index (χ1v) is 6.74. The van der Waals surface area contributed by atoms with Gasteiger partial charge >= 0.3 is 11.9 Å². The quantitative estimate of drug-likeness (QED) is 0.460. The molecule has 0 spiro atoms. The predicted octanol–water partition coefficient (Wildman–Crippen LogP) is 2.72. The molecule has 0 amide bonds. The molecular formula is C15H17F2NO4. The molecule has 1 aromatic rings. The summed E-state index contributed by atoms with van der Waals surface area (Å²) in [4.78, 5) is 27.2. The molecule has 0 aliphatic rings. The first-order chi connectivity index (χ1) is 10.4. The minimum atomic E-state index is -1.40. The van der Waals surface area contributed by atoms with Gasteiger partial charge in [0.2, 0.25) is 0 Å². The Balaban J connectivity index is 3.05. The third-order valence-electron chi connectivity index (χ3n) is 2.74. The standard InChI is InChI=1S/C15H17F2NO4/c1-4-21-14(19)10(15(20)22-5-2)8-18-12-7-6-11(16)9(3)13(12)17/h6-8,10H,4-5H2,1-3H3. The fourth-order valence-corrected chi connectivity index (χ4v) is 1.58. The van der Waals surface area contributed by atoms with Gasteiger partial charge in [-0.1, -0.05) is 0 Å². The fraction of sp³-hybridized carbons (Fsp3) is 0.400. The second-order valence-electron chi connectivity index (χ2n) is 4.27. The van der Waals surface area contributed by atoms with Crippen LogP contribution in [-0.4, -0.2) is 31.4 Å². The zero-order valence-corrected chi connectivity index (χ0v) is 12.6. The Morgan fingerprint density at radius 1 is 1.18 bits per heavy atom. The summed E-state index contributed by atoms with van der Waals surface area (Å²) in [6.45, 7) is 4.58. The zero-order valence-electron chi connectivity index (χ0n) is 12.6. The number of carbonyl (C=O) groups is 2. The zero-order chi connectivity index (χ0) is 16.7. The molecule has 0 saturated carbocycles. The maximum atomic E-state index is 13.8. The van der Waals surface area contributed by atoms with E-state index in [0.29, 0.717) is 0 Å². The van der Waals surface area contributed by atoms with Crippen molar-refractivity contribution in [1.82, 2.24) is 0 Å². The molecule has 0 aliphatic carbocycles. The molecule has 0 fully saturated rings. The molecular weight excluding hydrogens is 296 g/mol. The lowest BCUT2D eigenvalue weighted by molar-refractivity contribution is -0.157. The number of carbonyl (C=O) groups excluding carboxylic acids is 2. The van der Waals surface area contributed by atoms with Crippen LogP contribution in [0, 0.1) is 24.5 Å². The maximum Gasteiger partial charge on any atom is 0.325 e. The SMILES string of the molecule is CCOC(=O)C(C=Nc1ccc(F)c(C)c1F)C(=O)OCC. The molecule has 7 heteroatoms. The van der Waals surface area contributed by atoms with Gasteiger partial charge in [0, 0.05) is 11.8 Å². The molecule has 22 heavy (non-hydrogen) atoms. The highest BCUT2D eigenvalue weighted by molar-refractivity contribution is 6.09. The Hall–Kier alpha value is -2.31. The maximum absolute atomic E-state index is 13.8. The Kier molecular flexibility index (Phi) is 6.62. The lowest BCUT2D eigenvalue weighted by atomic mass is 10.1. The van der Waals surface area contributed by atoms with Crippen molar-refractivity contribution in [3.8, 4) is 0 Å². The molecule has 120 valence electrons. The van der Waals surface area contributed by atoms with Crippen LogP contribution in [-0.2, 0) is 19.1 Å². The summed E-state index contributed by atoms with van der Waals surface area (Å²) in [6, 6.07) is 2.16. The Morgan fingerprint density at radius 2 is 1.73 bits per heavy atom. The van der Waals surface area contributed by atoms with Crippen molar-refractivity contribution in [3.05, 3.63) is 29.3 Å². The van der Waals surface area contributed by atoms with E-state index in [1.165, 1.54) is 6.92 Å². The third-order valence-corrected chi connectivity index (χ3v) is 2.74. The molecule has 0 radical (unpaired) electrons. The summed E-state index contributed by atoms with van der Waals surface area (Å²) in [5, 5.41) is 0. The average Bonchev–Trinajstić information content (AvgIpc) is 2.48. The second kappa shape index (κ2) is 8.21. The Morgan fingerprint density at radius 3 is 2.23 bits per heavy atom. The van der Waals surface area contributed by atoms with E-state index in [1.807, 2.05) is 0 Å². The van der Waals surface area contributed by atoms with Crippen LogP contribution in [0.3, 0.4) is 0 Å². The van der Waals surface area contributed by atoms with Crippen LogP contribution in [0.2, 0.25) is 0 Å². The van der Waals surface area contributed by atoms with Crippen LogP contribution in [0.25, 0.3) is 0 Å². The van der Waals surface area contributed by atoms with E-state index < -0.39 is 29.5 Å². The monoisotopic (exact) mass is 313 g/mol. The number of rotatable bonds is 6. The van der Waals surface area contributed by atoms with E-state index in [4.69, 9.17) is 9.47 Å². The third kappa shape index (κ3) is 4.34.